The summed E-state index contributed by atoms with van der Waals surface area (Å²) in [5, 5.41) is 9.22. The fourth-order valence-electron chi connectivity index (χ4n) is 2.51. The van der Waals surface area contributed by atoms with Crippen LogP contribution in [0.15, 0.2) is 24.3 Å². The first-order valence-electron chi connectivity index (χ1n) is 6.63. The maximum Gasteiger partial charge on any atom is 0.328 e. The number of halogens is 1. The van der Waals surface area contributed by atoms with Crippen LogP contribution in [0, 0.1) is 0 Å². The van der Waals surface area contributed by atoms with Gasteiger partial charge in [0.05, 0.1) is 0 Å². The molecule has 108 valence electrons. The average Bonchev–Trinajstić information content (AvgIpc) is 2.37. The monoisotopic (exact) mass is 294 g/mol. The van der Waals surface area contributed by atoms with Crippen LogP contribution in [0.2, 0.25) is 5.02 Å². The Kier molecular flexibility index (Phi) is 4.68. The highest BCUT2D eigenvalue weighted by Gasteiger charge is 2.21. The summed E-state index contributed by atoms with van der Waals surface area (Å²) in [6.07, 6.45) is 2.61. The molecule has 20 heavy (non-hydrogen) atoms. The van der Waals surface area contributed by atoms with Gasteiger partial charge in [0.15, 0.2) is 0 Å². The zero-order chi connectivity index (χ0) is 14.7. The fourth-order valence-corrected chi connectivity index (χ4v) is 2.75. The minimum atomic E-state index is -0.974. The highest BCUT2D eigenvalue weighted by atomic mass is 35.5. The van der Waals surface area contributed by atoms with E-state index in [1.165, 1.54) is 6.08 Å². The molecule has 1 fully saturated rings. The van der Waals surface area contributed by atoms with E-state index in [0.717, 1.165) is 37.0 Å². The van der Waals surface area contributed by atoms with Gasteiger partial charge in [0, 0.05) is 42.5 Å². The molecule has 1 aliphatic rings. The van der Waals surface area contributed by atoms with Gasteiger partial charge in [-0.25, -0.2) is 4.79 Å². The second kappa shape index (κ2) is 6.29. The summed E-state index contributed by atoms with van der Waals surface area (Å²) in [6.45, 7) is 5.22. The Bertz CT molecular complexity index is 531. The first-order valence-corrected chi connectivity index (χ1v) is 7.01. The largest absolute Gasteiger partial charge is 0.478 e. The molecular formula is C15H19ClN2O2. The van der Waals surface area contributed by atoms with Crippen molar-refractivity contribution in [2.24, 2.45) is 0 Å². The molecule has 1 aliphatic heterocycles. The van der Waals surface area contributed by atoms with E-state index in [2.05, 4.69) is 23.8 Å². The molecule has 0 aliphatic carbocycles. The highest BCUT2D eigenvalue weighted by molar-refractivity contribution is 6.32. The number of carboxylic acids is 1. The number of nitrogens with zero attached hydrogens (tertiary/aromatic N) is 2. The van der Waals surface area contributed by atoms with Crippen molar-refractivity contribution in [1.82, 2.24) is 4.90 Å². The Morgan fingerprint density at radius 2 is 2.20 bits per heavy atom. The summed E-state index contributed by atoms with van der Waals surface area (Å²) in [5.41, 5.74) is 1.81. The average molecular weight is 295 g/mol. The van der Waals surface area contributed by atoms with Crippen LogP contribution in [0.3, 0.4) is 0 Å². The topological polar surface area (TPSA) is 43.8 Å². The summed E-state index contributed by atoms with van der Waals surface area (Å²) in [7, 11) is 2.13. The van der Waals surface area contributed by atoms with Crippen molar-refractivity contribution < 1.29 is 9.90 Å². The second-order valence-corrected chi connectivity index (χ2v) is 5.59. The third-order valence-electron chi connectivity index (χ3n) is 3.55. The van der Waals surface area contributed by atoms with Gasteiger partial charge in [-0.2, -0.15) is 0 Å². The van der Waals surface area contributed by atoms with Crippen molar-refractivity contribution >= 4 is 29.3 Å². The third-order valence-corrected chi connectivity index (χ3v) is 3.88. The van der Waals surface area contributed by atoms with Crippen molar-refractivity contribution in [2.45, 2.75) is 13.0 Å². The van der Waals surface area contributed by atoms with E-state index in [-0.39, 0.29) is 0 Å². The van der Waals surface area contributed by atoms with Crippen molar-refractivity contribution in [3.63, 3.8) is 0 Å². The number of piperazine rings is 1. The molecule has 1 aromatic carbocycles. The molecule has 1 atom stereocenters. The van der Waals surface area contributed by atoms with Crippen LogP contribution in [0.5, 0.6) is 0 Å². The maximum atomic E-state index is 10.5. The number of carbonyl (C=O) groups is 1. The van der Waals surface area contributed by atoms with Crippen molar-refractivity contribution in [3.05, 3.63) is 34.9 Å². The minimum Gasteiger partial charge on any atom is -0.478 e. The summed E-state index contributed by atoms with van der Waals surface area (Å²) >= 11 is 6.23. The number of likely N-dealkylation sites (N-methyl/N-ethyl adjacent to an activating group) is 1. The smallest absolute Gasteiger partial charge is 0.328 e. The van der Waals surface area contributed by atoms with Gasteiger partial charge in [-0.05, 0) is 37.7 Å². The van der Waals surface area contributed by atoms with E-state index >= 15 is 0 Å². The first kappa shape index (κ1) is 14.9. The van der Waals surface area contributed by atoms with Gasteiger partial charge in [0.2, 0.25) is 0 Å². The predicted octanol–water partition coefficient (Wildman–Crippen LogP) is 2.58. The highest BCUT2D eigenvalue weighted by Crippen LogP contribution is 2.27. The first-order chi connectivity index (χ1) is 9.47. The third kappa shape index (κ3) is 3.52. The van der Waals surface area contributed by atoms with Crippen LogP contribution in [-0.4, -0.2) is 48.7 Å². The van der Waals surface area contributed by atoms with Gasteiger partial charge in [-0.3, -0.25) is 0 Å². The normalized spacial score (nSPS) is 20.6. The van der Waals surface area contributed by atoms with Crippen LogP contribution in [0.4, 0.5) is 5.69 Å². The van der Waals surface area contributed by atoms with Gasteiger partial charge in [-0.15, -0.1) is 0 Å². The molecule has 1 aromatic rings. The van der Waals surface area contributed by atoms with Crippen LogP contribution >= 0.6 is 11.6 Å². The lowest BCUT2D eigenvalue weighted by Crippen LogP contribution is -2.50. The van der Waals surface area contributed by atoms with E-state index in [1.807, 2.05) is 18.2 Å². The number of aliphatic carboxylic acids is 1. The Morgan fingerprint density at radius 1 is 1.45 bits per heavy atom. The predicted molar refractivity (Wildman–Crippen MR) is 82.4 cm³/mol. The molecular weight excluding hydrogens is 276 g/mol. The lowest BCUT2D eigenvalue weighted by atomic mass is 10.1. The van der Waals surface area contributed by atoms with Crippen LogP contribution < -0.4 is 4.90 Å². The SMILES string of the molecule is CC1CN(C)CCN1c1ccc(/C=C/C(=O)O)c(Cl)c1. The van der Waals surface area contributed by atoms with Crippen molar-refractivity contribution in [1.29, 1.82) is 0 Å². The second-order valence-electron chi connectivity index (χ2n) is 5.18. The molecule has 1 unspecified atom stereocenters. The molecule has 0 saturated carbocycles. The van der Waals surface area contributed by atoms with Crippen LogP contribution in [0.25, 0.3) is 6.08 Å². The van der Waals surface area contributed by atoms with Gasteiger partial charge < -0.3 is 14.9 Å². The maximum absolute atomic E-state index is 10.5. The number of hydrogen-bond donors (Lipinski definition) is 1. The molecule has 0 spiro atoms. The van der Waals surface area contributed by atoms with E-state index in [1.54, 1.807) is 0 Å². The quantitative estimate of drug-likeness (QED) is 0.870. The molecule has 1 N–H and O–H groups in total. The zero-order valence-electron chi connectivity index (χ0n) is 11.7. The number of carboxylic acid groups (broad SMARTS) is 1. The van der Waals surface area contributed by atoms with E-state index in [0.29, 0.717) is 11.1 Å². The van der Waals surface area contributed by atoms with E-state index in [9.17, 15) is 4.79 Å². The summed E-state index contributed by atoms with van der Waals surface area (Å²) in [5.74, 6) is -0.974. The lowest BCUT2D eigenvalue weighted by molar-refractivity contribution is -0.131. The summed E-state index contributed by atoms with van der Waals surface area (Å²) in [6, 6.07) is 6.20. The molecule has 1 heterocycles. The number of anilines is 1. The zero-order valence-corrected chi connectivity index (χ0v) is 12.5. The molecule has 5 heteroatoms. The Balaban J connectivity index is 2.18. The molecule has 0 amide bonds. The van der Waals surface area contributed by atoms with Gasteiger partial charge >= 0.3 is 5.97 Å². The van der Waals surface area contributed by atoms with Crippen molar-refractivity contribution in [3.8, 4) is 0 Å². The number of benzene rings is 1. The lowest BCUT2D eigenvalue weighted by Gasteiger charge is -2.40. The standard InChI is InChI=1S/C15H19ClN2O2/c1-11-10-17(2)7-8-18(11)13-5-3-12(14(16)9-13)4-6-15(19)20/h3-6,9,11H,7-8,10H2,1-2H3,(H,19,20)/b6-4+. The van der Waals surface area contributed by atoms with Gasteiger partial charge in [0.1, 0.15) is 0 Å². The molecule has 1 saturated heterocycles. The minimum absolute atomic E-state index is 0.435. The molecule has 2 rings (SSSR count). The molecule has 0 bridgehead atoms. The Hall–Kier alpha value is -1.52. The van der Waals surface area contributed by atoms with Crippen LogP contribution in [-0.2, 0) is 4.79 Å². The van der Waals surface area contributed by atoms with Crippen LogP contribution in [0.1, 0.15) is 12.5 Å². The molecule has 0 aromatic heterocycles. The summed E-state index contributed by atoms with van der Waals surface area (Å²) < 4.78 is 0. The Morgan fingerprint density at radius 3 is 2.80 bits per heavy atom. The van der Waals surface area contributed by atoms with E-state index in [4.69, 9.17) is 16.7 Å². The molecule has 0 radical (unpaired) electrons. The van der Waals surface area contributed by atoms with Gasteiger partial charge in [-0.1, -0.05) is 17.7 Å². The van der Waals surface area contributed by atoms with Crippen molar-refractivity contribution in [2.75, 3.05) is 31.6 Å². The fraction of sp³-hybridized carbons (Fsp3) is 0.400. The number of hydrogen-bond acceptors (Lipinski definition) is 3. The Labute approximate surface area is 124 Å². The molecule has 4 nitrogen and oxygen atoms in total. The van der Waals surface area contributed by atoms with E-state index < -0.39 is 5.97 Å². The number of rotatable bonds is 3. The summed E-state index contributed by atoms with van der Waals surface area (Å²) in [4.78, 5) is 15.2. The van der Waals surface area contributed by atoms with Gasteiger partial charge in [0.25, 0.3) is 0 Å².